The van der Waals surface area contributed by atoms with Crippen LogP contribution in [0.3, 0.4) is 0 Å². The van der Waals surface area contributed by atoms with Crippen LogP contribution in [-0.2, 0) is 20.7 Å². The minimum absolute atomic E-state index is 0.000532. The quantitative estimate of drug-likeness (QED) is 0.814. The summed E-state index contributed by atoms with van der Waals surface area (Å²) in [6, 6.07) is 3.19. The van der Waals surface area contributed by atoms with Gasteiger partial charge in [0.05, 0.1) is 18.6 Å². The topological polar surface area (TPSA) is 91.5 Å². The molecule has 24 heavy (non-hydrogen) atoms. The number of hydrogen-bond acceptors (Lipinski definition) is 4. The number of carbonyl (C=O) groups is 2. The Labute approximate surface area is 140 Å². The van der Waals surface area contributed by atoms with Crippen molar-refractivity contribution in [3.8, 4) is 0 Å². The Kier molecular flexibility index (Phi) is 4.99. The van der Waals surface area contributed by atoms with Crippen LogP contribution in [0.4, 0.5) is 0 Å². The van der Waals surface area contributed by atoms with Crippen LogP contribution in [0.1, 0.15) is 36.6 Å². The second-order valence-corrected chi connectivity index (χ2v) is 6.44. The van der Waals surface area contributed by atoms with Gasteiger partial charge >= 0.3 is 0 Å². The third kappa shape index (κ3) is 3.51. The number of nitrogens with one attached hydrogen (secondary N) is 2. The fourth-order valence-corrected chi connectivity index (χ4v) is 3.51. The lowest BCUT2D eigenvalue weighted by Gasteiger charge is -2.27. The molecule has 1 saturated heterocycles. The number of rotatable bonds is 5. The Morgan fingerprint density at radius 2 is 2.25 bits per heavy atom. The predicted octanol–water partition coefficient (Wildman–Crippen LogP) is 0.363. The Bertz CT molecular complexity index is 685. The Morgan fingerprint density at radius 1 is 1.42 bits per heavy atom. The van der Waals surface area contributed by atoms with Crippen LogP contribution >= 0.6 is 0 Å². The summed E-state index contributed by atoms with van der Waals surface area (Å²) >= 11 is 0. The van der Waals surface area contributed by atoms with Crippen molar-refractivity contribution < 1.29 is 14.3 Å². The van der Waals surface area contributed by atoms with Crippen molar-refractivity contribution in [2.24, 2.45) is 5.92 Å². The molecule has 0 saturated carbocycles. The van der Waals surface area contributed by atoms with Gasteiger partial charge in [-0.3, -0.25) is 14.4 Å². The van der Waals surface area contributed by atoms with Crippen LogP contribution in [0, 0.1) is 5.92 Å². The summed E-state index contributed by atoms with van der Waals surface area (Å²) < 4.78 is 4.99. The third-order valence-corrected chi connectivity index (χ3v) is 4.80. The average molecular weight is 333 g/mol. The highest BCUT2D eigenvalue weighted by Crippen LogP contribution is 2.28. The minimum Gasteiger partial charge on any atom is -0.383 e. The second kappa shape index (κ2) is 7.17. The maximum atomic E-state index is 12.6. The first-order chi connectivity index (χ1) is 11.6. The molecule has 130 valence electrons. The van der Waals surface area contributed by atoms with E-state index in [1.165, 1.54) is 6.07 Å². The molecular formula is C17H23N3O4. The van der Waals surface area contributed by atoms with Crippen molar-refractivity contribution in [3.63, 3.8) is 0 Å². The number of hydrogen-bond donors (Lipinski definition) is 2. The highest BCUT2D eigenvalue weighted by Gasteiger charge is 2.35. The molecule has 2 aliphatic rings. The number of aromatic nitrogens is 1. The van der Waals surface area contributed by atoms with Gasteiger partial charge in [-0.1, -0.05) is 0 Å². The zero-order chi connectivity index (χ0) is 17.1. The van der Waals surface area contributed by atoms with Gasteiger partial charge in [0.25, 0.3) is 0 Å². The summed E-state index contributed by atoms with van der Waals surface area (Å²) in [6.45, 7) is 1.44. The molecule has 1 fully saturated rings. The van der Waals surface area contributed by atoms with Gasteiger partial charge < -0.3 is 19.9 Å². The number of likely N-dealkylation sites (tertiary alicyclic amines) is 1. The summed E-state index contributed by atoms with van der Waals surface area (Å²) in [5.41, 5.74) is 1.77. The number of aryl methyl sites for hydroxylation is 1. The van der Waals surface area contributed by atoms with E-state index in [4.69, 9.17) is 4.74 Å². The van der Waals surface area contributed by atoms with Crippen molar-refractivity contribution in [2.45, 2.75) is 31.7 Å². The molecule has 7 heteroatoms. The van der Waals surface area contributed by atoms with Crippen LogP contribution in [0.25, 0.3) is 0 Å². The summed E-state index contributed by atoms with van der Waals surface area (Å²) in [5.74, 6) is -0.407. The SMILES string of the molecule is COCCN1C[C@@H](C(=O)N[C@H]2CCCc3[nH]c(=O)ccc32)CC1=O. The maximum absolute atomic E-state index is 12.6. The summed E-state index contributed by atoms with van der Waals surface area (Å²) in [4.78, 5) is 40.5. The zero-order valence-corrected chi connectivity index (χ0v) is 13.8. The smallest absolute Gasteiger partial charge is 0.248 e. The molecule has 0 unspecified atom stereocenters. The normalized spacial score (nSPS) is 23.2. The van der Waals surface area contributed by atoms with E-state index in [-0.39, 0.29) is 35.8 Å². The highest BCUT2D eigenvalue weighted by atomic mass is 16.5. The van der Waals surface area contributed by atoms with Crippen LogP contribution in [0.15, 0.2) is 16.9 Å². The fraction of sp³-hybridized carbons (Fsp3) is 0.588. The molecule has 2 amide bonds. The molecule has 0 radical (unpaired) electrons. The average Bonchev–Trinajstić information content (AvgIpc) is 2.94. The molecular weight excluding hydrogens is 310 g/mol. The number of methoxy groups -OCH3 is 1. The van der Waals surface area contributed by atoms with E-state index in [0.29, 0.717) is 19.7 Å². The molecule has 0 spiro atoms. The van der Waals surface area contributed by atoms with Gasteiger partial charge in [-0.05, 0) is 30.9 Å². The van der Waals surface area contributed by atoms with Gasteiger partial charge in [0.1, 0.15) is 0 Å². The zero-order valence-electron chi connectivity index (χ0n) is 13.8. The van der Waals surface area contributed by atoms with Gasteiger partial charge in [-0.15, -0.1) is 0 Å². The second-order valence-electron chi connectivity index (χ2n) is 6.44. The van der Waals surface area contributed by atoms with E-state index in [9.17, 15) is 14.4 Å². The lowest BCUT2D eigenvalue weighted by Crippen LogP contribution is -2.37. The fourth-order valence-electron chi connectivity index (χ4n) is 3.51. The monoisotopic (exact) mass is 333 g/mol. The van der Waals surface area contributed by atoms with Crippen LogP contribution in [0.2, 0.25) is 0 Å². The molecule has 1 aromatic heterocycles. The number of ether oxygens (including phenoxy) is 1. The first-order valence-corrected chi connectivity index (χ1v) is 8.37. The standard InChI is InChI=1S/C17H23N3O4/c1-24-8-7-20-10-11(9-16(20)22)17(23)19-14-4-2-3-13-12(14)5-6-15(21)18-13/h5-6,11,14H,2-4,7-10H2,1H3,(H,18,21)(H,19,23)/t11-,14-/m0/s1. The van der Waals surface area contributed by atoms with Crippen LogP contribution < -0.4 is 10.9 Å². The number of amides is 2. The lowest BCUT2D eigenvalue weighted by atomic mass is 9.91. The van der Waals surface area contributed by atoms with Crippen molar-refractivity contribution in [2.75, 3.05) is 26.8 Å². The van der Waals surface area contributed by atoms with E-state index >= 15 is 0 Å². The van der Waals surface area contributed by atoms with Crippen molar-refractivity contribution in [3.05, 3.63) is 33.7 Å². The Balaban J connectivity index is 1.64. The van der Waals surface area contributed by atoms with E-state index in [2.05, 4.69) is 10.3 Å². The summed E-state index contributed by atoms with van der Waals surface area (Å²) in [7, 11) is 1.59. The minimum atomic E-state index is -0.317. The maximum Gasteiger partial charge on any atom is 0.248 e. The molecule has 2 atom stereocenters. The molecule has 0 bridgehead atoms. The largest absolute Gasteiger partial charge is 0.383 e. The number of H-pyrrole nitrogens is 1. The van der Waals surface area contributed by atoms with Crippen molar-refractivity contribution in [1.82, 2.24) is 15.2 Å². The van der Waals surface area contributed by atoms with Gasteiger partial charge in [0, 0.05) is 38.4 Å². The van der Waals surface area contributed by atoms with Gasteiger partial charge in [-0.2, -0.15) is 0 Å². The summed E-state index contributed by atoms with van der Waals surface area (Å²) in [5, 5.41) is 3.06. The number of carbonyl (C=O) groups excluding carboxylic acids is 2. The van der Waals surface area contributed by atoms with Crippen molar-refractivity contribution in [1.29, 1.82) is 0 Å². The molecule has 2 N–H and O–H groups in total. The van der Waals surface area contributed by atoms with Gasteiger partial charge in [-0.25, -0.2) is 0 Å². The Hall–Kier alpha value is -2.15. The molecule has 7 nitrogen and oxygen atoms in total. The number of pyridine rings is 1. The molecule has 3 rings (SSSR count). The first kappa shape index (κ1) is 16.7. The predicted molar refractivity (Wildman–Crippen MR) is 87.4 cm³/mol. The van der Waals surface area contributed by atoms with E-state index in [1.807, 2.05) is 0 Å². The molecule has 0 aromatic carbocycles. The van der Waals surface area contributed by atoms with Crippen LogP contribution in [-0.4, -0.2) is 48.5 Å². The van der Waals surface area contributed by atoms with Gasteiger partial charge in [0.2, 0.25) is 17.4 Å². The van der Waals surface area contributed by atoms with Gasteiger partial charge in [0.15, 0.2) is 0 Å². The van der Waals surface area contributed by atoms with Crippen LogP contribution in [0.5, 0.6) is 0 Å². The Morgan fingerprint density at radius 3 is 3.04 bits per heavy atom. The molecule has 1 aliphatic carbocycles. The van der Waals surface area contributed by atoms with E-state index in [0.717, 1.165) is 30.5 Å². The molecule has 1 aliphatic heterocycles. The number of aromatic amines is 1. The first-order valence-electron chi connectivity index (χ1n) is 8.37. The third-order valence-electron chi connectivity index (χ3n) is 4.80. The number of nitrogens with zero attached hydrogens (tertiary/aromatic N) is 1. The summed E-state index contributed by atoms with van der Waals surface area (Å²) in [6.07, 6.45) is 2.84. The van der Waals surface area contributed by atoms with Crippen molar-refractivity contribution >= 4 is 11.8 Å². The lowest BCUT2D eigenvalue weighted by molar-refractivity contribution is -0.129. The van der Waals surface area contributed by atoms with E-state index < -0.39 is 0 Å². The highest BCUT2D eigenvalue weighted by molar-refractivity contribution is 5.89. The molecule has 2 heterocycles. The molecule has 1 aromatic rings. The number of fused-ring (bicyclic) bond motifs is 1. The van der Waals surface area contributed by atoms with E-state index in [1.54, 1.807) is 18.1 Å².